The molecule has 0 aromatic heterocycles. The smallest absolute Gasteiger partial charge is 0.249 e. The van der Waals surface area contributed by atoms with E-state index in [-0.39, 0.29) is 6.61 Å². The zero-order valence-corrected chi connectivity index (χ0v) is 26.9. The van der Waals surface area contributed by atoms with E-state index in [1.54, 1.807) is 6.08 Å². The quantitative estimate of drug-likeness (QED) is 0.0507. The molecule has 41 heavy (non-hydrogen) atoms. The molecule has 0 rings (SSSR count). The van der Waals surface area contributed by atoms with Crippen LogP contribution in [0.4, 0.5) is 0 Å². The van der Waals surface area contributed by atoms with Gasteiger partial charge in [-0.25, -0.2) is 0 Å². The van der Waals surface area contributed by atoms with E-state index in [1.165, 1.54) is 89.9 Å². The number of unbranched alkanes of at least 4 members (excludes halogenated alkanes) is 18. The second-order valence-corrected chi connectivity index (χ2v) is 11.7. The van der Waals surface area contributed by atoms with Crippen LogP contribution in [0.15, 0.2) is 36.5 Å². The Balaban J connectivity index is 3.82. The molecule has 0 aromatic rings. The predicted molar refractivity (Wildman–Crippen MR) is 176 cm³/mol. The molecule has 0 saturated carbocycles. The van der Waals surface area contributed by atoms with Crippen molar-refractivity contribution in [3.63, 3.8) is 0 Å². The maximum atomic E-state index is 12.3. The van der Waals surface area contributed by atoms with Crippen molar-refractivity contribution in [2.75, 3.05) is 6.61 Å². The third-order valence-corrected chi connectivity index (χ3v) is 7.70. The number of hydrogen-bond donors (Lipinski definition) is 4. The minimum atomic E-state index is -1.12. The zero-order valence-electron chi connectivity index (χ0n) is 26.9. The van der Waals surface area contributed by atoms with Gasteiger partial charge in [-0.3, -0.25) is 4.79 Å². The van der Waals surface area contributed by atoms with Gasteiger partial charge in [0.1, 0.15) is 6.10 Å². The van der Waals surface area contributed by atoms with Crippen molar-refractivity contribution >= 4 is 5.91 Å². The fraction of sp³-hybridized carbons (Fsp3) is 0.806. The molecule has 0 aliphatic heterocycles. The molecule has 0 fully saturated rings. The first kappa shape index (κ1) is 39.6. The van der Waals surface area contributed by atoms with Crippen LogP contribution >= 0.6 is 0 Å². The average molecular weight is 578 g/mol. The maximum Gasteiger partial charge on any atom is 0.249 e. The number of amides is 1. The Kier molecular flexibility index (Phi) is 30.4. The van der Waals surface area contributed by atoms with Crippen molar-refractivity contribution in [2.45, 2.75) is 180 Å². The van der Waals surface area contributed by atoms with Gasteiger partial charge in [0.05, 0.1) is 18.8 Å². The standard InChI is InChI=1S/C36H67NO4/c1-3-5-7-9-11-13-14-15-16-17-18-19-20-21-23-24-26-28-30-34(39)33(32-38)37-36(41)35(40)31-29-27-25-22-12-10-8-6-4-2/h10,12,21,23,28,30,33-35,38-40H,3-9,11,13-20,22,24-27,29,31-32H2,1-2H3,(H,37,41)/b12-10-,23-21+,30-28+. The Morgan fingerprint density at radius 1 is 0.585 bits per heavy atom. The summed E-state index contributed by atoms with van der Waals surface area (Å²) < 4.78 is 0. The van der Waals surface area contributed by atoms with Crippen molar-refractivity contribution in [2.24, 2.45) is 0 Å². The highest BCUT2D eigenvalue weighted by Gasteiger charge is 2.22. The lowest BCUT2D eigenvalue weighted by Crippen LogP contribution is -2.48. The van der Waals surface area contributed by atoms with Gasteiger partial charge in [-0.1, -0.05) is 147 Å². The van der Waals surface area contributed by atoms with Crippen molar-refractivity contribution in [3.05, 3.63) is 36.5 Å². The highest BCUT2D eigenvalue weighted by atomic mass is 16.3. The van der Waals surface area contributed by atoms with E-state index in [4.69, 9.17) is 0 Å². The average Bonchev–Trinajstić information content (AvgIpc) is 2.98. The van der Waals surface area contributed by atoms with Crippen molar-refractivity contribution in [1.29, 1.82) is 0 Å². The molecule has 240 valence electrons. The summed E-state index contributed by atoms with van der Waals surface area (Å²) in [5.74, 6) is -0.531. The van der Waals surface area contributed by atoms with E-state index in [2.05, 4.69) is 43.5 Å². The van der Waals surface area contributed by atoms with Gasteiger partial charge in [-0.2, -0.15) is 0 Å². The van der Waals surface area contributed by atoms with E-state index in [9.17, 15) is 20.1 Å². The van der Waals surface area contributed by atoms with Crippen molar-refractivity contribution in [3.8, 4) is 0 Å². The van der Waals surface area contributed by atoms with Crippen LogP contribution < -0.4 is 5.32 Å². The number of nitrogens with one attached hydrogen (secondary N) is 1. The fourth-order valence-electron chi connectivity index (χ4n) is 4.88. The predicted octanol–water partition coefficient (Wildman–Crippen LogP) is 8.87. The summed E-state index contributed by atoms with van der Waals surface area (Å²) in [6, 6.07) is -0.817. The van der Waals surface area contributed by atoms with Gasteiger partial charge in [0.2, 0.25) is 5.91 Å². The van der Waals surface area contributed by atoms with Gasteiger partial charge >= 0.3 is 0 Å². The lowest BCUT2D eigenvalue weighted by Gasteiger charge is -2.21. The van der Waals surface area contributed by atoms with Crippen molar-refractivity contribution in [1.82, 2.24) is 5.32 Å². The molecule has 0 aliphatic carbocycles. The molecule has 0 spiro atoms. The lowest BCUT2D eigenvalue weighted by atomic mass is 10.0. The van der Waals surface area contributed by atoms with E-state index in [1.807, 2.05) is 6.08 Å². The third kappa shape index (κ3) is 27.2. The number of aliphatic hydroxyl groups is 3. The van der Waals surface area contributed by atoms with E-state index in [0.29, 0.717) is 6.42 Å². The van der Waals surface area contributed by atoms with Gasteiger partial charge in [-0.15, -0.1) is 0 Å². The molecule has 1 amide bonds. The molecule has 3 unspecified atom stereocenters. The number of allylic oxidation sites excluding steroid dienone is 5. The van der Waals surface area contributed by atoms with Crippen LogP contribution in [-0.2, 0) is 4.79 Å². The molecule has 0 saturated heterocycles. The normalized spacial score (nSPS) is 14.4. The number of rotatable bonds is 30. The third-order valence-electron chi connectivity index (χ3n) is 7.70. The summed E-state index contributed by atoms with van der Waals surface area (Å²) in [6.45, 7) is 4.08. The first-order valence-electron chi connectivity index (χ1n) is 17.3. The van der Waals surface area contributed by atoms with Crippen LogP contribution in [0.1, 0.15) is 162 Å². The Labute approximate surface area is 254 Å². The molecular formula is C36H67NO4. The molecule has 5 heteroatoms. The molecular weight excluding hydrogens is 510 g/mol. The Hall–Kier alpha value is -1.43. The van der Waals surface area contributed by atoms with Gasteiger partial charge in [0.15, 0.2) is 0 Å². The number of carbonyl (C=O) groups is 1. The van der Waals surface area contributed by atoms with Crippen LogP contribution in [0.5, 0.6) is 0 Å². The van der Waals surface area contributed by atoms with Crippen LogP contribution in [0, 0.1) is 0 Å². The van der Waals surface area contributed by atoms with Gasteiger partial charge in [0, 0.05) is 0 Å². The SMILES string of the molecule is CCCC/C=C\CCCCCC(O)C(=O)NC(CO)C(O)/C=C/CC/C=C/CCCCCCCCCCCCCC. The number of aliphatic hydroxyl groups excluding tert-OH is 3. The largest absolute Gasteiger partial charge is 0.394 e. The number of hydrogen-bond acceptors (Lipinski definition) is 4. The molecule has 0 radical (unpaired) electrons. The Morgan fingerprint density at radius 3 is 1.56 bits per heavy atom. The Bertz CT molecular complexity index is 645. The zero-order chi connectivity index (χ0) is 30.2. The van der Waals surface area contributed by atoms with Crippen LogP contribution in [0.25, 0.3) is 0 Å². The molecule has 0 bridgehead atoms. The molecule has 3 atom stereocenters. The summed E-state index contributed by atoms with van der Waals surface area (Å²) in [6.07, 6.45) is 37.4. The van der Waals surface area contributed by atoms with Crippen LogP contribution in [0.3, 0.4) is 0 Å². The minimum absolute atomic E-state index is 0.382. The minimum Gasteiger partial charge on any atom is -0.394 e. The monoisotopic (exact) mass is 578 g/mol. The summed E-state index contributed by atoms with van der Waals surface area (Å²) in [5, 5.41) is 32.7. The van der Waals surface area contributed by atoms with E-state index >= 15 is 0 Å². The van der Waals surface area contributed by atoms with Gasteiger partial charge in [0.25, 0.3) is 0 Å². The first-order chi connectivity index (χ1) is 20.1. The number of carbonyl (C=O) groups excluding carboxylic acids is 1. The molecule has 0 aliphatic rings. The Morgan fingerprint density at radius 2 is 1.02 bits per heavy atom. The fourth-order valence-corrected chi connectivity index (χ4v) is 4.88. The topological polar surface area (TPSA) is 89.8 Å². The molecule has 5 nitrogen and oxygen atoms in total. The second kappa shape index (κ2) is 31.5. The highest BCUT2D eigenvalue weighted by molar-refractivity contribution is 5.80. The molecule has 4 N–H and O–H groups in total. The maximum absolute atomic E-state index is 12.3. The van der Waals surface area contributed by atoms with Crippen LogP contribution in [0.2, 0.25) is 0 Å². The summed E-state index contributed by atoms with van der Waals surface area (Å²) >= 11 is 0. The lowest BCUT2D eigenvalue weighted by molar-refractivity contribution is -0.131. The van der Waals surface area contributed by atoms with Crippen molar-refractivity contribution < 1.29 is 20.1 Å². The van der Waals surface area contributed by atoms with E-state index in [0.717, 1.165) is 51.4 Å². The first-order valence-corrected chi connectivity index (χ1v) is 17.3. The summed E-state index contributed by atoms with van der Waals surface area (Å²) in [5.41, 5.74) is 0. The van der Waals surface area contributed by atoms with E-state index < -0.39 is 24.2 Å². The summed E-state index contributed by atoms with van der Waals surface area (Å²) in [4.78, 5) is 12.3. The molecule has 0 heterocycles. The highest BCUT2D eigenvalue weighted by Crippen LogP contribution is 2.13. The second-order valence-electron chi connectivity index (χ2n) is 11.7. The summed E-state index contributed by atoms with van der Waals surface area (Å²) in [7, 11) is 0. The van der Waals surface area contributed by atoms with Gasteiger partial charge < -0.3 is 20.6 Å². The van der Waals surface area contributed by atoms with Crippen LogP contribution in [-0.4, -0.2) is 46.1 Å². The van der Waals surface area contributed by atoms with Gasteiger partial charge in [-0.05, 0) is 51.4 Å². The molecule has 0 aromatic carbocycles.